The summed E-state index contributed by atoms with van der Waals surface area (Å²) >= 11 is 0. The fourth-order valence-corrected chi connectivity index (χ4v) is 3.24. The molecule has 1 aliphatic carbocycles. The number of carbonyl (C=O) groups is 1. The first-order valence-electron chi connectivity index (χ1n) is 7.42. The summed E-state index contributed by atoms with van der Waals surface area (Å²) in [4.78, 5) is 12.2. The van der Waals surface area contributed by atoms with Crippen molar-refractivity contribution in [2.75, 3.05) is 6.61 Å². The molecule has 2 fully saturated rings. The third-order valence-corrected chi connectivity index (χ3v) is 4.43. The van der Waals surface area contributed by atoms with E-state index < -0.39 is 0 Å². The topological polar surface area (TPSA) is 26.3 Å². The number of carbonyl (C=O) groups excluding carboxylic acids is 1. The molecule has 2 nitrogen and oxygen atoms in total. The van der Waals surface area contributed by atoms with Gasteiger partial charge in [0, 0.05) is 18.8 Å². The lowest BCUT2D eigenvalue weighted by molar-refractivity contribution is -0.147. The van der Waals surface area contributed by atoms with E-state index in [2.05, 4.69) is 18.8 Å². The van der Waals surface area contributed by atoms with Crippen LogP contribution < -0.4 is 0 Å². The van der Waals surface area contributed by atoms with Crippen molar-refractivity contribution in [2.24, 2.45) is 11.3 Å². The predicted molar refractivity (Wildman–Crippen MR) is 71.9 cm³/mol. The quantitative estimate of drug-likeness (QED) is 0.550. The van der Waals surface area contributed by atoms with Crippen LogP contribution in [0.25, 0.3) is 0 Å². The van der Waals surface area contributed by atoms with E-state index in [-0.39, 0.29) is 11.4 Å². The maximum Gasteiger partial charge on any atom is 0.313 e. The fraction of sp³-hybridized carbons (Fsp3) is 0.812. The van der Waals surface area contributed by atoms with Crippen molar-refractivity contribution in [1.29, 1.82) is 0 Å². The average molecular weight is 248 g/mol. The smallest absolute Gasteiger partial charge is 0.313 e. The van der Waals surface area contributed by atoms with Gasteiger partial charge in [-0.05, 0) is 19.3 Å². The molecule has 0 N–H and O–H groups in total. The summed E-state index contributed by atoms with van der Waals surface area (Å²) in [7, 11) is 0. The Kier molecular flexibility index (Phi) is 4.69. The molecule has 0 amide bonds. The molecule has 1 saturated carbocycles. The highest BCUT2D eigenvalue weighted by Crippen LogP contribution is 2.46. The highest BCUT2D eigenvalue weighted by Gasteiger charge is 2.51. The molecule has 0 bridgehead atoms. The summed E-state index contributed by atoms with van der Waals surface area (Å²) in [5.41, 5.74) is -0.263. The van der Waals surface area contributed by atoms with Crippen LogP contribution in [-0.4, -0.2) is 12.6 Å². The summed E-state index contributed by atoms with van der Waals surface area (Å²) in [6.07, 6.45) is 9.83. The van der Waals surface area contributed by atoms with Crippen LogP contribution in [0.15, 0.2) is 0 Å². The molecule has 1 saturated heterocycles. The zero-order chi connectivity index (χ0) is 12.8. The van der Waals surface area contributed by atoms with Gasteiger partial charge in [0.25, 0.3) is 0 Å². The monoisotopic (exact) mass is 248 g/mol. The van der Waals surface area contributed by atoms with E-state index in [0.717, 1.165) is 38.5 Å². The second-order valence-corrected chi connectivity index (χ2v) is 5.68. The number of fused-ring (bicyclic) bond motifs is 1. The van der Waals surface area contributed by atoms with Gasteiger partial charge in [-0.2, -0.15) is 0 Å². The van der Waals surface area contributed by atoms with Crippen molar-refractivity contribution < 1.29 is 9.53 Å². The van der Waals surface area contributed by atoms with Crippen molar-refractivity contribution in [2.45, 2.75) is 64.7 Å². The van der Waals surface area contributed by atoms with Gasteiger partial charge in [-0.25, -0.2) is 0 Å². The third-order valence-electron chi connectivity index (χ3n) is 4.43. The lowest BCUT2D eigenvalue weighted by Crippen LogP contribution is -2.34. The van der Waals surface area contributed by atoms with Crippen LogP contribution >= 0.6 is 0 Å². The number of ether oxygens (including phenoxy) is 1. The van der Waals surface area contributed by atoms with Gasteiger partial charge in [0.15, 0.2) is 0 Å². The van der Waals surface area contributed by atoms with Crippen LogP contribution in [0.1, 0.15) is 64.7 Å². The lowest BCUT2D eigenvalue weighted by atomic mass is 9.68. The molecule has 2 rings (SSSR count). The number of hydrogen-bond acceptors (Lipinski definition) is 2. The Morgan fingerprint density at radius 2 is 2.11 bits per heavy atom. The van der Waals surface area contributed by atoms with Crippen molar-refractivity contribution in [3.8, 4) is 11.8 Å². The first-order chi connectivity index (χ1) is 8.79. The highest BCUT2D eigenvalue weighted by molar-refractivity contribution is 5.79. The molecule has 0 aromatic carbocycles. The summed E-state index contributed by atoms with van der Waals surface area (Å²) in [6, 6.07) is 0. The third kappa shape index (κ3) is 2.71. The molecule has 0 unspecified atom stereocenters. The van der Waals surface area contributed by atoms with Crippen LogP contribution in [0.3, 0.4) is 0 Å². The minimum Gasteiger partial charge on any atom is -0.465 e. The number of esters is 1. The Morgan fingerprint density at radius 1 is 1.28 bits per heavy atom. The Labute approximate surface area is 110 Å². The molecule has 2 aliphatic rings. The van der Waals surface area contributed by atoms with E-state index in [9.17, 15) is 4.79 Å². The zero-order valence-corrected chi connectivity index (χ0v) is 11.5. The maximum atomic E-state index is 12.2. The average Bonchev–Trinajstić information content (AvgIpc) is 2.63. The first kappa shape index (κ1) is 13.5. The van der Waals surface area contributed by atoms with Crippen molar-refractivity contribution in [3.05, 3.63) is 0 Å². The van der Waals surface area contributed by atoms with Gasteiger partial charge in [-0.15, -0.1) is 11.8 Å². The van der Waals surface area contributed by atoms with Crippen LogP contribution in [-0.2, 0) is 9.53 Å². The standard InChI is InChI=1S/C16H24O2/c1-2-3-4-8-11-16-12-9-6-5-7-10-14(16)13-18-15(16)17/h14H,2-3,5-7,9-13H2,1H3/t14-,16-/m0/s1. The number of hydrogen-bond donors (Lipinski definition) is 0. The minimum absolute atomic E-state index is 0.0280. The number of rotatable bonds is 2. The minimum atomic E-state index is -0.263. The predicted octanol–water partition coefficient (Wildman–Crippen LogP) is 3.69. The normalized spacial score (nSPS) is 31.6. The number of unbranched alkanes of at least 4 members (excludes halogenated alkanes) is 1. The van der Waals surface area contributed by atoms with E-state index in [0.29, 0.717) is 12.5 Å². The van der Waals surface area contributed by atoms with Gasteiger partial charge in [0.05, 0.1) is 12.0 Å². The van der Waals surface area contributed by atoms with Gasteiger partial charge >= 0.3 is 5.97 Å². The second-order valence-electron chi connectivity index (χ2n) is 5.68. The summed E-state index contributed by atoms with van der Waals surface area (Å²) in [6.45, 7) is 2.77. The lowest BCUT2D eigenvalue weighted by Gasteiger charge is -2.31. The molecule has 2 heteroatoms. The van der Waals surface area contributed by atoms with Crippen LogP contribution in [0.5, 0.6) is 0 Å². The summed E-state index contributed by atoms with van der Waals surface area (Å²) in [5, 5.41) is 0. The van der Waals surface area contributed by atoms with Gasteiger partial charge in [0.1, 0.15) is 0 Å². The molecule has 100 valence electrons. The van der Waals surface area contributed by atoms with E-state index in [1.54, 1.807) is 0 Å². The Balaban J connectivity index is 2.10. The molecular formula is C16H24O2. The largest absolute Gasteiger partial charge is 0.465 e. The molecule has 0 spiro atoms. The Morgan fingerprint density at radius 3 is 2.94 bits per heavy atom. The van der Waals surface area contributed by atoms with Gasteiger partial charge in [-0.1, -0.05) is 32.6 Å². The Bertz CT molecular complexity index is 350. The van der Waals surface area contributed by atoms with Gasteiger partial charge in [-0.3, -0.25) is 4.79 Å². The maximum absolute atomic E-state index is 12.2. The molecular weight excluding hydrogens is 224 g/mol. The first-order valence-corrected chi connectivity index (χ1v) is 7.42. The summed E-state index contributed by atoms with van der Waals surface area (Å²) < 4.78 is 5.36. The van der Waals surface area contributed by atoms with E-state index >= 15 is 0 Å². The molecule has 0 aromatic heterocycles. The van der Waals surface area contributed by atoms with Crippen molar-refractivity contribution >= 4 is 5.97 Å². The highest BCUT2D eigenvalue weighted by atomic mass is 16.5. The Hall–Kier alpha value is -0.970. The van der Waals surface area contributed by atoms with E-state index in [1.807, 2.05) is 0 Å². The van der Waals surface area contributed by atoms with E-state index in [1.165, 1.54) is 19.3 Å². The number of cyclic esters (lactones) is 1. The van der Waals surface area contributed by atoms with Gasteiger partial charge in [0.2, 0.25) is 0 Å². The van der Waals surface area contributed by atoms with Crippen LogP contribution in [0.2, 0.25) is 0 Å². The molecule has 2 atom stereocenters. The zero-order valence-electron chi connectivity index (χ0n) is 11.5. The summed E-state index contributed by atoms with van der Waals surface area (Å²) in [5.74, 6) is 6.88. The van der Waals surface area contributed by atoms with Crippen molar-refractivity contribution in [3.63, 3.8) is 0 Å². The van der Waals surface area contributed by atoms with Crippen LogP contribution in [0.4, 0.5) is 0 Å². The molecule has 0 aromatic rings. The SMILES string of the molecule is CCCC#CC[C@]12CCCCCC[C@H]1COC2=O. The van der Waals surface area contributed by atoms with Crippen LogP contribution in [0, 0.1) is 23.2 Å². The van der Waals surface area contributed by atoms with E-state index in [4.69, 9.17) is 4.74 Å². The molecule has 0 radical (unpaired) electrons. The molecule has 18 heavy (non-hydrogen) atoms. The van der Waals surface area contributed by atoms with Gasteiger partial charge < -0.3 is 4.74 Å². The fourth-order valence-electron chi connectivity index (χ4n) is 3.24. The molecule has 1 heterocycles. The van der Waals surface area contributed by atoms with Crippen molar-refractivity contribution in [1.82, 2.24) is 0 Å². The molecule has 1 aliphatic heterocycles. The second kappa shape index (κ2) is 6.27.